The maximum Gasteiger partial charge on any atom is 0.407 e. The van der Waals surface area contributed by atoms with E-state index in [9.17, 15) is 19.5 Å². The van der Waals surface area contributed by atoms with Gasteiger partial charge >= 0.3 is 12.1 Å². The highest BCUT2D eigenvalue weighted by Gasteiger charge is 2.63. The molecule has 1 unspecified atom stereocenters. The Balaban J connectivity index is 1.17. The number of nitrogens with one attached hydrogen (secondary N) is 1. The van der Waals surface area contributed by atoms with Crippen molar-refractivity contribution in [2.75, 3.05) is 26.7 Å². The van der Waals surface area contributed by atoms with Crippen LogP contribution in [-0.2, 0) is 20.9 Å². The van der Waals surface area contributed by atoms with E-state index in [1.807, 2.05) is 66.5 Å². The Morgan fingerprint density at radius 3 is 2.20 bits per heavy atom. The van der Waals surface area contributed by atoms with Crippen LogP contribution in [0.1, 0.15) is 35.4 Å². The minimum absolute atomic E-state index is 0.103. The largest absolute Gasteiger partial charge is 0.479 e. The standard InChI is InChI=1S/C32H33N3O5/c1-34(17-21-9-3-2-4-10-21)19-28(29(36)35-18-22-15-32(35,16-22)30(37)38)33-31(39)40-20-27-25-13-7-5-11-23(25)24-12-6-8-14-26(24)27/h2-14,22,27-28H,15-20H2,1H3,(H,33,39)(H,37,38). The molecule has 40 heavy (non-hydrogen) atoms. The number of benzene rings is 3. The molecule has 0 radical (unpaired) electrons. The van der Waals surface area contributed by atoms with Crippen molar-refractivity contribution < 1.29 is 24.2 Å². The second-order valence-corrected chi connectivity index (χ2v) is 11.3. The van der Waals surface area contributed by atoms with Crippen LogP contribution >= 0.6 is 0 Å². The molecule has 2 aliphatic heterocycles. The van der Waals surface area contributed by atoms with Crippen LogP contribution in [-0.4, -0.2) is 71.2 Å². The van der Waals surface area contributed by atoms with Crippen molar-refractivity contribution >= 4 is 18.0 Å². The van der Waals surface area contributed by atoms with Gasteiger partial charge in [0.25, 0.3) is 0 Å². The van der Waals surface area contributed by atoms with Crippen LogP contribution in [0.15, 0.2) is 78.9 Å². The van der Waals surface area contributed by atoms with E-state index in [4.69, 9.17) is 4.74 Å². The van der Waals surface area contributed by atoms with Crippen molar-refractivity contribution in [2.45, 2.75) is 36.9 Å². The van der Waals surface area contributed by atoms with Crippen LogP contribution in [0.3, 0.4) is 0 Å². The SMILES string of the molecule is CN(Cc1ccccc1)CC(NC(=O)OCC1c2ccccc2-c2ccccc21)C(=O)N1CC2CC1(C(=O)O)C2. The summed E-state index contributed by atoms with van der Waals surface area (Å²) in [7, 11) is 1.88. The Bertz CT molecular complexity index is 1390. The van der Waals surface area contributed by atoms with Crippen LogP contribution in [0.2, 0.25) is 0 Å². The Labute approximate surface area is 233 Å². The van der Waals surface area contributed by atoms with Crippen LogP contribution in [0.4, 0.5) is 4.79 Å². The number of nitrogens with zero attached hydrogens (tertiary/aromatic N) is 2. The van der Waals surface area contributed by atoms with E-state index in [1.165, 1.54) is 4.90 Å². The average Bonchev–Trinajstić information content (AvgIpc) is 3.60. The van der Waals surface area contributed by atoms with Gasteiger partial charge < -0.3 is 20.1 Å². The van der Waals surface area contributed by atoms with E-state index in [0.29, 0.717) is 25.9 Å². The molecule has 0 spiro atoms. The first-order valence-electron chi connectivity index (χ1n) is 13.7. The molecule has 3 fully saturated rings. The highest BCUT2D eigenvalue weighted by atomic mass is 16.5. The Hall–Kier alpha value is -4.17. The molecule has 7 rings (SSSR count). The van der Waals surface area contributed by atoms with E-state index >= 15 is 0 Å². The maximum atomic E-state index is 13.8. The first-order chi connectivity index (χ1) is 19.4. The molecule has 2 N–H and O–H groups in total. The zero-order valence-corrected chi connectivity index (χ0v) is 22.5. The van der Waals surface area contributed by atoms with E-state index in [-0.39, 0.29) is 30.9 Å². The number of rotatable bonds is 9. The maximum absolute atomic E-state index is 13.8. The molecule has 3 aromatic carbocycles. The molecular formula is C32H33N3O5. The molecule has 1 saturated carbocycles. The monoisotopic (exact) mass is 539 g/mol. The van der Waals surface area contributed by atoms with Crippen LogP contribution in [0.25, 0.3) is 11.1 Å². The summed E-state index contributed by atoms with van der Waals surface area (Å²) in [6.07, 6.45) is 0.237. The summed E-state index contributed by atoms with van der Waals surface area (Å²) >= 11 is 0. The average molecular weight is 540 g/mol. The minimum Gasteiger partial charge on any atom is -0.479 e. The molecule has 1 atom stereocenters. The van der Waals surface area contributed by atoms with Gasteiger partial charge in [-0.3, -0.25) is 9.69 Å². The fourth-order valence-electron chi connectivity index (χ4n) is 6.70. The lowest BCUT2D eigenvalue weighted by atomic mass is 9.73. The van der Waals surface area contributed by atoms with Gasteiger partial charge in [0, 0.05) is 25.6 Å². The molecule has 8 nitrogen and oxygen atoms in total. The summed E-state index contributed by atoms with van der Waals surface area (Å²) in [5, 5.41) is 12.7. The van der Waals surface area contributed by atoms with Gasteiger partial charge in [-0.25, -0.2) is 9.59 Å². The second-order valence-electron chi connectivity index (χ2n) is 11.3. The van der Waals surface area contributed by atoms with Gasteiger partial charge in [-0.1, -0.05) is 78.9 Å². The van der Waals surface area contributed by atoms with Gasteiger partial charge in [0.05, 0.1) is 0 Å². The van der Waals surface area contributed by atoms with Gasteiger partial charge in [0.2, 0.25) is 5.91 Å². The predicted molar refractivity (Wildman–Crippen MR) is 150 cm³/mol. The molecule has 2 aliphatic carbocycles. The molecule has 0 aromatic heterocycles. The number of carbonyl (C=O) groups is 3. The number of likely N-dealkylation sites (N-methyl/N-ethyl adjacent to an activating group) is 1. The number of carboxylic acids is 1. The lowest BCUT2D eigenvalue weighted by Crippen LogP contribution is -2.60. The predicted octanol–water partition coefficient (Wildman–Crippen LogP) is 4.10. The summed E-state index contributed by atoms with van der Waals surface area (Å²) in [5.41, 5.74) is 4.38. The van der Waals surface area contributed by atoms with Crippen LogP contribution in [0.5, 0.6) is 0 Å². The van der Waals surface area contributed by atoms with Crippen molar-refractivity contribution in [3.05, 3.63) is 95.6 Å². The number of ether oxygens (including phenoxy) is 1. The first-order valence-corrected chi connectivity index (χ1v) is 13.7. The van der Waals surface area contributed by atoms with Crippen molar-refractivity contribution in [1.29, 1.82) is 0 Å². The highest BCUT2D eigenvalue weighted by molar-refractivity contribution is 5.93. The van der Waals surface area contributed by atoms with Crippen molar-refractivity contribution in [3.63, 3.8) is 0 Å². The third-order valence-electron chi connectivity index (χ3n) is 8.60. The number of fused-ring (bicyclic) bond motifs is 4. The zero-order chi connectivity index (χ0) is 27.9. The summed E-state index contributed by atoms with van der Waals surface area (Å²) in [4.78, 5) is 42.5. The number of hydrogen-bond acceptors (Lipinski definition) is 5. The van der Waals surface area contributed by atoms with Crippen molar-refractivity contribution in [2.24, 2.45) is 5.92 Å². The molecule has 2 heterocycles. The van der Waals surface area contributed by atoms with Gasteiger partial charge in [0.1, 0.15) is 18.2 Å². The second kappa shape index (κ2) is 10.4. The van der Waals surface area contributed by atoms with Gasteiger partial charge in [-0.05, 0) is 53.6 Å². The fraction of sp³-hybridized carbons (Fsp3) is 0.344. The van der Waals surface area contributed by atoms with Crippen LogP contribution in [0, 0.1) is 5.92 Å². The first kappa shape index (κ1) is 26.1. The normalized spacial score (nSPS) is 21.4. The third-order valence-corrected chi connectivity index (χ3v) is 8.60. The molecular weight excluding hydrogens is 506 g/mol. The summed E-state index contributed by atoms with van der Waals surface area (Å²) < 4.78 is 5.74. The summed E-state index contributed by atoms with van der Waals surface area (Å²) in [6.45, 7) is 1.32. The van der Waals surface area contributed by atoms with Crippen molar-refractivity contribution in [1.82, 2.24) is 15.1 Å². The van der Waals surface area contributed by atoms with E-state index in [0.717, 1.165) is 27.8 Å². The lowest BCUT2D eigenvalue weighted by molar-refractivity contribution is -0.159. The molecule has 2 saturated heterocycles. The van der Waals surface area contributed by atoms with Crippen LogP contribution < -0.4 is 5.32 Å². The molecule has 3 aromatic rings. The Morgan fingerprint density at radius 2 is 1.57 bits per heavy atom. The number of carbonyl (C=O) groups excluding carboxylic acids is 2. The van der Waals surface area contributed by atoms with E-state index < -0.39 is 23.6 Å². The van der Waals surface area contributed by atoms with Gasteiger partial charge in [-0.15, -0.1) is 0 Å². The molecule has 206 valence electrons. The Morgan fingerprint density at radius 1 is 0.975 bits per heavy atom. The number of carboxylic acid groups (broad SMARTS) is 1. The number of hydrogen-bond donors (Lipinski definition) is 2. The highest BCUT2D eigenvalue weighted by Crippen LogP contribution is 2.51. The van der Waals surface area contributed by atoms with Gasteiger partial charge in [-0.2, -0.15) is 0 Å². The fourth-order valence-corrected chi connectivity index (χ4v) is 6.70. The molecule has 2 amide bonds. The number of amides is 2. The topological polar surface area (TPSA) is 99.2 Å². The van der Waals surface area contributed by atoms with Crippen molar-refractivity contribution in [3.8, 4) is 11.1 Å². The van der Waals surface area contributed by atoms with E-state index in [1.54, 1.807) is 0 Å². The zero-order valence-electron chi connectivity index (χ0n) is 22.5. The Kier molecular flexibility index (Phi) is 6.80. The summed E-state index contributed by atoms with van der Waals surface area (Å²) in [5.74, 6) is -1.27. The molecule has 4 aliphatic rings. The third kappa shape index (κ3) is 4.62. The number of alkyl carbamates (subject to hydrolysis) is 1. The quantitative estimate of drug-likeness (QED) is 0.425. The molecule has 2 bridgehead atoms. The smallest absolute Gasteiger partial charge is 0.407 e. The molecule has 8 heteroatoms. The van der Waals surface area contributed by atoms with Gasteiger partial charge in [0.15, 0.2) is 0 Å². The lowest BCUT2D eigenvalue weighted by Gasteiger charge is -2.39. The minimum atomic E-state index is -1.17. The van der Waals surface area contributed by atoms with E-state index in [2.05, 4.69) is 29.6 Å². The summed E-state index contributed by atoms with van der Waals surface area (Å²) in [6, 6.07) is 25.1. The number of aliphatic carboxylic acids is 1.